The van der Waals surface area contributed by atoms with Crippen LogP contribution in [0.5, 0.6) is 0 Å². The van der Waals surface area contributed by atoms with Crippen molar-refractivity contribution in [1.82, 2.24) is 9.38 Å². The molecule has 0 saturated heterocycles. The van der Waals surface area contributed by atoms with Crippen molar-refractivity contribution < 1.29 is 0 Å². The first-order valence-electron chi connectivity index (χ1n) is 5.69. The van der Waals surface area contributed by atoms with E-state index in [1.54, 1.807) is 0 Å². The first kappa shape index (κ1) is 9.97. The molecule has 0 radical (unpaired) electrons. The molecule has 0 amide bonds. The highest BCUT2D eigenvalue weighted by Crippen LogP contribution is 2.37. The van der Waals surface area contributed by atoms with E-state index < -0.39 is 0 Å². The fourth-order valence-electron chi connectivity index (χ4n) is 2.57. The molecule has 1 aliphatic rings. The molecule has 3 nitrogen and oxygen atoms in total. The number of nitrogens with two attached hydrogens (primary N) is 1. The lowest BCUT2D eigenvalue weighted by Crippen LogP contribution is -1.99. The molecule has 0 bridgehead atoms. The highest BCUT2D eigenvalue weighted by atomic mass is 35.5. The van der Waals surface area contributed by atoms with Gasteiger partial charge in [0.05, 0.1) is 10.7 Å². The van der Waals surface area contributed by atoms with Gasteiger partial charge in [-0.1, -0.05) is 24.4 Å². The van der Waals surface area contributed by atoms with Crippen LogP contribution in [0.4, 0.5) is 5.82 Å². The lowest BCUT2D eigenvalue weighted by molar-refractivity contribution is 0.706. The van der Waals surface area contributed by atoms with Gasteiger partial charge in [0, 0.05) is 12.1 Å². The maximum Gasteiger partial charge on any atom is 0.157 e. The average Bonchev–Trinajstić information content (AvgIpc) is 2.88. The molecule has 1 aliphatic carbocycles. The highest BCUT2D eigenvalue weighted by Gasteiger charge is 2.23. The standard InChI is InChI=1S/C12H14ClN3/c13-9-6-3-7-16-11(14)10(15-12(9)16)8-4-1-2-5-8/h3,6-8H,1-2,4-5,14H2. The van der Waals surface area contributed by atoms with Crippen LogP contribution in [-0.4, -0.2) is 9.38 Å². The van der Waals surface area contributed by atoms with Crippen molar-refractivity contribution in [1.29, 1.82) is 0 Å². The van der Waals surface area contributed by atoms with Crippen LogP contribution < -0.4 is 5.73 Å². The summed E-state index contributed by atoms with van der Waals surface area (Å²) < 4.78 is 1.88. The van der Waals surface area contributed by atoms with Crippen molar-refractivity contribution in [3.63, 3.8) is 0 Å². The lowest BCUT2D eigenvalue weighted by Gasteiger charge is -2.05. The third kappa shape index (κ3) is 1.39. The van der Waals surface area contributed by atoms with Crippen LogP contribution >= 0.6 is 11.6 Å². The van der Waals surface area contributed by atoms with Gasteiger partial charge in [-0.2, -0.15) is 0 Å². The third-order valence-corrected chi connectivity index (χ3v) is 3.70. The Morgan fingerprint density at radius 1 is 1.38 bits per heavy atom. The summed E-state index contributed by atoms with van der Waals surface area (Å²) in [4.78, 5) is 4.60. The van der Waals surface area contributed by atoms with Gasteiger partial charge in [0.1, 0.15) is 5.82 Å². The van der Waals surface area contributed by atoms with Crippen molar-refractivity contribution >= 4 is 23.1 Å². The maximum atomic E-state index is 6.13. The number of fused-ring (bicyclic) bond motifs is 1. The minimum Gasteiger partial charge on any atom is -0.383 e. The van der Waals surface area contributed by atoms with Crippen LogP contribution in [0.3, 0.4) is 0 Å². The van der Waals surface area contributed by atoms with Crippen molar-refractivity contribution in [3.05, 3.63) is 29.0 Å². The Kier molecular flexibility index (Phi) is 2.28. The fourth-order valence-corrected chi connectivity index (χ4v) is 2.78. The summed E-state index contributed by atoms with van der Waals surface area (Å²) in [6.45, 7) is 0. The molecule has 16 heavy (non-hydrogen) atoms. The number of hydrogen-bond acceptors (Lipinski definition) is 2. The zero-order valence-corrected chi connectivity index (χ0v) is 9.74. The fraction of sp³-hybridized carbons (Fsp3) is 0.417. The average molecular weight is 236 g/mol. The normalized spacial score (nSPS) is 17.3. The smallest absolute Gasteiger partial charge is 0.157 e. The highest BCUT2D eigenvalue weighted by molar-refractivity contribution is 6.33. The van der Waals surface area contributed by atoms with Gasteiger partial charge in [-0.15, -0.1) is 0 Å². The monoisotopic (exact) mass is 235 g/mol. The molecule has 0 aliphatic heterocycles. The number of hydrogen-bond donors (Lipinski definition) is 1. The second kappa shape index (κ2) is 3.67. The Hall–Kier alpha value is -1.22. The molecular formula is C12H14ClN3. The summed E-state index contributed by atoms with van der Waals surface area (Å²) in [5.41, 5.74) is 7.94. The Labute approximate surface area is 99.2 Å². The predicted molar refractivity (Wildman–Crippen MR) is 65.8 cm³/mol. The molecule has 1 fully saturated rings. The van der Waals surface area contributed by atoms with Crippen LogP contribution in [0.15, 0.2) is 18.3 Å². The molecule has 0 atom stereocenters. The van der Waals surface area contributed by atoms with Gasteiger partial charge in [0.25, 0.3) is 0 Å². The summed E-state index contributed by atoms with van der Waals surface area (Å²) in [5, 5.41) is 0.665. The SMILES string of the molecule is Nc1c(C2CCCC2)nc2c(Cl)cccn12. The Morgan fingerprint density at radius 2 is 2.12 bits per heavy atom. The van der Waals surface area contributed by atoms with Crippen LogP contribution in [-0.2, 0) is 0 Å². The molecule has 2 N–H and O–H groups in total. The summed E-state index contributed by atoms with van der Waals surface area (Å²) in [6, 6.07) is 3.74. The van der Waals surface area contributed by atoms with E-state index in [0.717, 1.165) is 17.2 Å². The first-order valence-corrected chi connectivity index (χ1v) is 6.07. The van der Waals surface area contributed by atoms with Crippen LogP contribution in [0.25, 0.3) is 5.65 Å². The number of halogens is 1. The Morgan fingerprint density at radius 3 is 2.81 bits per heavy atom. The number of anilines is 1. The second-order valence-electron chi connectivity index (χ2n) is 4.41. The summed E-state index contributed by atoms with van der Waals surface area (Å²) in [6.07, 6.45) is 6.89. The third-order valence-electron chi connectivity index (χ3n) is 3.41. The van der Waals surface area contributed by atoms with E-state index in [0.29, 0.717) is 10.9 Å². The number of aromatic nitrogens is 2. The molecule has 2 aromatic rings. The van der Waals surface area contributed by atoms with E-state index in [1.807, 2.05) is 22.7 Å². The number of nitrogens with zero attached hydrogens (tertiary/aromatic N) is 2. The number of imidazole rings is 1. The van der Waals surface area contributed by atoms with Gasteiger partial charge in [-0.25, -0.2) is 4.98 Å². The van der Waals surface area contributed by atoms with Gasteiger partial charge in [-0.05, 0) is 25.0 Å². The molecule has 2 aromatic heterocycles. The summed E-state index contributed by atoms with van der Waals surface area (Å²) in [7, 11) is 0. The molecule has 0 aromatic carbocycles. The number of rotatable bonds is 1. The molecular weight excluding hydrogens is 222 g/mol. The number of nitrogen functional groups attached to an aromatic ring is 1. The van der Waals surface area contributed by atoms with Crippen LogP contribution in [0, 0.1) is 0 Å². The van der Waals surface area contributed by atoms with E-state index in [1.165, 1.54) is 25.7 Å². The van der Waals surface area contributed by atoms with Gasteiger partial charge in [0.2, 0.25) is 0 Å². The Balaban J connectivity index is 2.18. The second-order valence-corrected chi connectivity index (χ2v) is 4.82. The zero-order valence-electron chi connectivity index (χ0n) is 8.99. The summed E-state index contributed by atoms with van der Waals surface area (Å²) >= 11 is 6.11. The van der Waals surface area contributed by atoms with Crippen LogP contribution in [0.1, 0.15) is 37.3 Å². The minimum absolute atomic E-state index is 0.524. The van der Waals surface area contributed by atoms with Gasteiger partial charge in [0.15, 0.2) is 5.65 Å². The van der Waals surface area contributed by atoms with E-state index >= 15 is 0 Å². The van der Waals surface area contributed by atoms with Gasteiger partial charge >= 0.3 is 0 Å². The molecule has 3 rings (SSSR count). The van der Waals surface area contributed by atoms with Crippen molar-refractivity contribution in [2.75, 3.05) is 5.73 Å². The largest absolute Gasteiger partial charge is 0.383 e. The molecule has 2 heterocycles. The quantitative estimate of drug-likeness (QED) is 0.825. The van der Waals surface area contributed by atoms with Gasteiger partial charge < -0.3 is 5.73 Å². The van der Waals surface area contributed by atoms with Gasteiger partial charge in [-0.3, -0.25) is 4.40 Å². The van der Waals surface area contributed by atoms with E-state index in [4.69, 9.17) is 17.3 Å². The van der Waals surface area contributed by atoms with Crippen molar-refractivity contribution in [2.45, 2.75) is 31.6 Å². The molecule has 84 valence electrons. The summed E-state index contributed by atoms with van der Waals surface area (Å²) in [5.74, 6) is 1.28. The predicted octanol–water partition coefficient (Wildman–Crippen LogP) is 3.23. The molecule has 0 spiro atoms. The topological polar surface area (TPSA) is 43.3 Å². The lowest BCUT2D eigenvalue weighted by atomic mass is 10.0. The molecule has 4 heteroatoms. The van der Waals surface area contributed by atoms with E-state index in [9.17, 15) is 0 Å². The molecule has 0 unspecified atom stereocenters. The van der Waals surface area contributed by atoms with E-state index in [2.05, 4.69) is 4.98 Å². The minimum atomic E-state index is 0.524. The molecule has 1 saturated carbocycles. The first-order chi connectivity index (χ1) is 7.77. The number of pyridine rings is 1. The zero-order chi connectivity index (χ0) is 11.1. The maximum absolute atomic E-state index is 6.13. The van der Waals surface area contributed by atoms with Crippen LogP contribution in [0.2, 0.25) is 5.02 Å². The van der Waals surface area contributed by atoms with Crippen molar-refractivity contribution in [3.8, 4) is 0 Å². The van der Waals surface area contributed by atoms with Crippen molar-refractivity contribution in [2.24, 2.45) is 0 Å². The van der Waals surface area contributed by atoms with E-state index in [-0.39, 0.29) is 0 Å². The Bertz CT molecular complexity index is 526.